The zero-order valence-electron chi connectivity index (χ0n) is 15.3. The third kappa shape index (κ3) is 4.20. The number of aliphatic carboxylic acids is 1. The fraction of sp³-hybridized carbons (Fsp3) is 0.500. The highest BCUT2D eigenvalue weighted by molar-refractivity contribution is 5.78. The molecule has 1 atom stereocenters. The quantitative estimate of drug-likeness (QED) is 0.821. The van der Waals surface area contributed by atoms with Crippen molar-refractivity contribution in [2.45, 2.75) is 13.0 Å². The number of rotatable bonds is 6. The van der Waals surface area contributed by atoms with Gasteiger partial charge in [0.05, 0.1) is 43.1 Å². The van der Waals surface area contributed by atoms with Crippen molar-refractivity contribution < 1.29 is 19.4 Å². The van der Waals surface area contributed by atoms with Gasteiger partial charge in [-0.1, -0.05) is 0 Å². The fourth-order valence-corrected chi connectivity index (χ4v) is 3.20. The van der Waals surface area contributed by atoms with Crippen molar-refractivity contribution in [3.8, 4) is 5.75 Å². The first kappa shape index (κ1) is 18.3. The van der Waals surface area contributed by atoms with E-state index in [1.54, 1.807) is 19.1 Å². The van der Waals surface area contributed by atoms with Gasteiger partial charge < -0.3 is 19.5 Å². The molecule has 0 amide bonds. The van der Waals surface area contributed by atoms with Gasteiger partial charge >= 0.3 is 5.97 Å². The molecule has 8 nitrogen and oxygen atoms in total. The van der Waals surface area contributed by atoms with E-state index in [0.29, 0.717) is 19.7 Å². The van der Waals surface area contributed by atoms with Crippen molar-refractivity contribution in [3.05, 3.63) is 23.9 Å². The number of carboxylic acid groups (broad SMARTS) is 1. The Hall–Kier alpha value is -2.45. The maximum Gasteiger partial charge on any atom is 0.317 e. The lowest BCUT2D eigenvalue weighted by Crippen LogP contribution is -2.48. The molecule has 26 heavy (non-hydrogen) atoms. The van der Waals surface area contributed by atoms with Crippen molar-refractivity contribution in [2.24, 2.45) is 0 Å². The van der Waals surface area contributed by atoms with E-state index in [1.807, 2.05) is 25.1 Å². The van der Waals surface area contributed by atoms with Crippen molar-refractivity contribution >= 4 is 22.8 Å². The van der Waals surface area contributed by atoms with Gasteiger partial charge in [0.1, 0.15) is 5.75 Å². The summed E-state index contributed by atoms with van der Waals surface area (Å²) in [6, 6.07) is 5.66. The molecule has 1 aromatic heterocycles. The van der Waals surface area contributed by atoms with E-state index in [0.717, 1.165) is 34.8 Å². The number of hydrogen-bond acceptors (Lipinski definition) is 7. The molecule has 0 saturated carbocycles. The summed E-state index contributed by atoms with van der Waals surface area (Å²) in [5, 5.41) is 8.90. The molecule has 1 unspecified atom stereocenters. The molecule has 0 radical (unpaired) electrons. The number of aromatic nitrogens is 2. The van der Waals surface area contributed by atoms with Crippen molar-refractivity contribution in [3.63, 3.8) is 0 Å². The lowest BCUT2D eigenvalue weighted by molar-refractivity contribution is -0.138. The fourth-order valence-electron chi connectivity index (χ4n) is 3.20. The third-order valence-electron chi connectivity index (χ3n) is 4.38. The molecule has 2 aromatic rings. The van der Waals surface area contributed by atoms with Crippen LogP contribution >= 0.6 is 0 Å². The molecule has 1 aliphatic rings. The predicted molar refractivity (Wildman–Crippen MR) is 97.9 cm³/mol. The van der Waals surface area contributed by atoms with Crippen molar-refractivity contribution in [2.75, 3.05) is 51.8 Å². The van der Waals surface area contributed by atoms with E-state index in [9.17, 15) is 4.79 Å². The zero-order valence-corrected chi connectivity index (χ0v) is 15.3. The van der Waals surface area contributed by atoms with Gasteiger partial charge in [-0.15, -0.1) is 0 Å². The lowest BCUT2D eigenvalue weighted by atomic mass is 10.2. The monoisotopic (exact) mass is 360 g/mol. The first-order valence-corrected chi connectivity index (χ1v) is 8.55. The molecule has 1 aliphatic heterocycles. The average molecular weight is 360 g/mol. The number of nitrogens with zero attached hydrogens (tertiary/aromatic N) is 4. The molecule has 1 fully saturated rings. The number of likely N-dealkylation sites (N-methyl/N-ethyl adjacent to an activating group) is 1. The normalized spacial score (nSPS) is 17.7. The number of benzene rings is 1. The van der Waals surface area contributed by atoms with Gasteiger partial charge in [-0.25, -0.2) is 9.97 Å². The minimum absolute atomic E-state index is 0.00347. The third-order valence-corrected chi connectivity index (χ3v) is 4.38. The standard InChI is InChI=1S/C18H24N4O4/c1-12-18(20-15-5-4-13(25-3)8-16(15)19-12)22-6-7-26-14(10-22)9-21(2)11-17(23)24/h4-5,8,14H,6-7,9-11H2,1-3H3,(H,23,24). The van der Waals surface area contributed by atoms with Gasteiger partial charge in [-0.05, 0) is 26.1 Å². The molecule has 1 saturated heterocycles. The number of methoxy groups -OCH3 is 1. The number of carboxylic acids is 1. The van der Waals surface area contributed by atoms with Crippen LogP contribution in [0.3, 0.4) is 0 Å². The van der Waals surface area contributed by atoms with Crippen molar-refractivity contribution in [1.82, 2.24) is 14.9 Å². The molecule has 2 heterocycles. The summed E-state index contributed by atoms with van der Waals surface area (Å²) in [4.78, 5) is 24.2. The van der Waals surface area contributed by atoms with E-state index >= 15 is 0 Å². The van der Waals surface area contributed by atoms with E-state index in [1.165, 1.54) is 0 Å². The van der Waals surface area contributed by atoms with Gasteiger partial charge in [0.25, 0.3) is 0 Å². The Balaban J connectivity index is 1.77. The molecule has 1 aromatic carbocycles. The topological polar surface area (TPSA) is 88.0 Å². The van der Waals surface area contributed by atoms with Crippen LogP contribution in [0.1, 0.15) is 5.69 Å². The molecule has 0 bridgehead atoms. The number of ether oxygens (including phenoxy) is 2. The molecule has 0 aliphatic carbocycles. The van der Waals surface area contributed by atoms with E-state index in [4.69, 9.17) is 19.6 Å². The summed E-state index contributed by atoms with van der Waals surface area (Å²) in [6.07, 6.45) is -0.0686. The average Bonchev–Trinajstić information content (AvgIpc) is 2.60. The summed E-state index contributed by atoms with van der Waals surface area (Å²) in [7, 11) is 3.41. The molecule has 3 rings (SSSR count). The predicted octanol–water partition coefficient (Wildman–Crippen LogP) is 1.17. The van der Waals surface area contributed by atoms with Crippen LogP contribution in [0.5, 0.6) is 5.75 Å². The minimum Gasteiger partial charge on any atom is -0.497 e. The number of anilines is 1. The van der Waals surface area contributed by atoms with Crippen LogP contribution in [0.4, 0.5) is 5.82 Å². The van der Waals surface area contributed by atoms with Gasteiger partial charge in [0.15, 0.2) is 5.82 Å². The maximum atomic E-state index is 10.8. The Morgan fingerprint density at radius 2 is 2.23 bits per heavy atom. The largest absolute Gasteiger partial charge is 0.497 e. The van der Waals surface area contributed by atoms with Crippen LogP contribution < -0.4 is 9.64 Å². The SMILES string of the molecule is COc1ccc2nc(N3CCOC(CN(C)CC(=O)O)C3)c(C)nc2c1. The van der Waals surface area contributed by atoms with Crippen LogP contribution in [-0.4, -0.2) is 79.0 Å². The highest BCUT2D eigenvalue weighted by atomic mass is 16.5. The Labute approximate surface area is 152 Å². The van der Waals surface area contributed by atoms with Crippen LogP contribution in [-0.2, 0) is 9.53 Å². The Morgan fingerprint density at radius 1 is 1.42 bits per heavy atom. The minimum atomic E-state index is -0.841. The van der Waals surface area contributed by atoms with Crippen LogP contribution in [0.25, 0.3) is 11.0 Å². The summed E-state index contributed by atoms with van der Waals surface area (Å²) in [6.45, 7) is 4.46. The number of morpholine rings is 1. The lowest BCUT2D eigenvalue weighted by Gasteiger charge is -2.35. The Bertz CT molecular complexity index is 798. The van der Waals surface area contributed by atoms with Gasteiger partial charge in [-0.3, -0.25) is 9.69 Å². The molecule has 1 N–H and O–H groups in total. The van der Waals surface area contributed by atoms with Crippen molar-refractivity contribution in [1.29, 1.82) is 0 Å². The second-order valence-electron chi connectivity index (χ2n) is 6.52. The Kier molecular flexibility index (Phi) is 5.53. The molecule has 8 heteroatoms. The summed E-state index contributed by atoms with van der Waals surface area (Å²) >= 11 is 0. The number of hydrogen-bond donors (Lipinski definition) is 1. The summed E-state index contributed by atoms with van der Waals surface area (Å²) in [5.74, 6) is 0.760. The maximum absolute atomic E-state index is 10.8. The summed E-state index contributed by atoms with van der Waals surface area (Å²) in [5.41, 5.74) is 2.47. The smallest absolute Gasteiger partial charge is 0.317 e. The second kappa shape index (κ2) is 7.84. The van der Waals surface area contributed by atoms with E-state index in [-0.39, 0.29) is 12.6 Å². The van der Waals surface area contributed by atoms with E-state index in [2.05, 4.69) is 9.88 Å². The first-order chi connectivity index (χ1) is 12.5. The van der Waals surface area contributed by atoms with Crippen LogP contribution in [0, 0.1) is 6.92 Å². The van der Waals surface area contributed by atoms with Crippen LogP contribution in [0.2, 0.25) is 0 Å². The highest BCUT2D eigenvalue weighted by Crippen LogP contribution is 2.24. The summed E-state index contributed by atoms with van der Waals surface area (Å²) < 4.78 is 11.0. The van der Waals surface area contributed by atoms with E-state index < -0.39 is 5.97 Å². The number of fused-ring (bicyclic) bond motifs is 1. The molecule has 140 valence electrons. The second-order valence-corrected chi connectivity index (χ2v) is 6.52. The number of aryl methyl sites for hydroxylation is 1. The van der Waals surface area contributed by atoms with Crippen LogP contribution in [0.15, 0.2) is 18.2 Å². The molecular weight excluding hydrogens is 336 g/mol. The van der Waals surface area contributed by atoms with Gasteiger partial charge in [-0.2, -0.15) is 0 Å². The molecular formula is C18H24N4O4. The zero-order chi connectivity index (χ0) is 18.7. The number of carbonyl (C=O) groups is 1. The Morgan fingerprint density at radius 3 is 2.96 bits per heavy atom. The van der Waals surface area contributed by atoms with Gasteiger partial charge in [0.2, 0.25) is 0 Å². The highest BCUT2D eigenvalue weighted by Gasteiger charge is 2.25. The van der Waals surface area contributed by atoms with Gasteiger partial charge in [0, 0.05) is 25.7 Å². The first-order valence-electron chi connectivity index (χ1n) is 8.55. The molecule has 0 spiro atoms.